The topological polar surface area (TPSA) is 30.9 Å². The van der Waals surface area contributed by atoms with Crippen molar-refractivity contribution < 1.29 is 13.3 Å². The highest BCUT2D eigenvalue weighted by Gasteiger charge is 2.43. The Morgan fingerprint density at radius 3 is 1.24 bits per heavy atom. The van der Waals surface area contributed by atoms with Gasteiger partial charge in [-0.2, -0.15) is 0 Å². The maximum Gasteiger partial charge on any atom is 0.502 e. The summed E-state index contributed by atoms with van der Waals surface area (Å²) in [6.07, 6.45) is 0. The zero-order valence-electron chi connectivity index (χ0n) is 15.7. The Balaban J connectivity index is 5.06. The first-order valence-electron chi connectivity index (χ1n) is 8.22. The van der Waals surface area contributed by atoms with Crippen LogP contribution in [0.4, 0.5) is 0 Å². The number of nitrogens with zero attached hydrogens (tertiary/aromatic N) is 1. The molecule has 21 heavy (non-hydrogen) atoms. The van der Waals surface area contributed by atoms with Gasteiger partial charge in [-0.1, -0.05) is 39.3 Å². The summed E-state index contributed by atoms with van der Waals surface area (Å²) in [4.78, 5) is 0. The SMILES string of the molecule is CCO[Si](CCN([Si](C)(C)C)[Si](C)(C)C)(OCC)OCC. The van der Waals surface area contributed by atoms with Gasteiger partial charge in [-0.25, -0.2) is 0 Å². The zero-order chi connectivity index (χ0) is 16.7. The fourth-order valence-electron chi connectivity index (χ4n) is 2.93. The lowest BCUT2D eigenvalue weighted by Gasteiger charge is -2.44. The van der Waals surface area contributed by atoms with Gasteiger partial charge >= 0.3 is 8.80 Å². The second-order valence-electron chi connectivity index (χ2n) is 7.23. The largest absolute Gasteiger partial charge is 0.502 e. The van der Waals surface area contributed by atoms with Crippen LogP contribution >= 0.6 is 0 Å². The number of rotatable bonds is 11. The van der Waals surface area contributed by atoms with E-state index in [-0.39, 0.29) is 0 Å². The molecule has 7 heteroatoms. The van der Waals surface area contributed by atoms with Crippen molar-refractivity contribution in [3.63, 3.8) is 0 Å². The van der Waals surface area contributed by atoms with Gasteiger partial charge in [-0.3, -0.25) is 0 Å². The normalized spacial score (nSPS) is 14.0. The van der Waals surface area contributed by atoms with Gasteiger partial charge in [0.2, 0.25) is 0 Å². The van der Waals surface area contributed by atoms with Gasteiger partial charge in [0.25, 0.3) is 0 Å². The Morgan fingerprint density at radius 2 is 1.00 bits per heavy atom. The van der Waals surface area contributed by atoms with Crippen LogP contribution in [0.3, 0.4) is 0 Å². The van der Waals surface area contributed by atoms with Gasteiger partial charge in [-0.05, 0) is 27.3 Å². The first-order valence-corrected chi connectivity index (χ1v) is 17.0. The highest BCUT2D eigenvalue weighted by Crippen LogP contribution is 2.24. The van der Waals surface area contributed by atoms with Crippen molar-refractivity contribution >= 4 is 25.3 Å². The lowest BCUT2D eigenvalue weighted by Crippen LogP contribution is -2.61. The predicted molar refractivity (Wildman–Crippen MR) is 98.8 cm³/mol. The molecular formula is C14H37NO3Si3. The molecule has 4 nitrogen and oxygen atoms in total. The Labute approximate surface area is 135 Å². The van der Waals surface area contributed by atoms with Crippen molar-refractivity contribution in [2.75, 3.05) is 26.4 Å². The summed E-state index contributed by atoms with van der Waals surface area (Å²) in [7, 11) is -5.19. The Bertz CT molecular complexity index is 259. The van der Waals surface area contributed by atoms with Crippen molar-refractivity contribution in [3.8, 4) is 0 Å². The number of hydrogen-bond acceptors (Lipinski definition) is 4. The average Bonchev–Trinajstić information content (AvgIpc) is 2.26. The minimum absolute atomic E-state index is 0.659. The molecule has 0 heterocycles. The molecule has 0 aromatic carbocycles. The molecule has 0 bridgehead atoms. The van der Waals surface area contributed by atoms with E-state index in [2.05, 4.69) is 43.5 Å². The third-order valence-electron chi connectivity index (χ3n) is 3.35. The fourth-order valence-corrected chi connectivity index (χ4v) is 15.5. The van der Waals surface area contributed by atoms with Crippen molar-refractivity contribution in [3.05, 3.63) is 0 Å². The van der Waals surface area contributed by atoms with Crippen molar-refractivity contribution in [1.82, 2.24) is 4.23 Å². The van der Waals surface area contributed by atoms with Crippen LogP contribution in [-0.2, 0) is 13.3 Å². The molecule has 0 aliphatic heterocycles. The van der Waals surface area contributed by atoms with Crippen molar-refractivity contribution in [2.45, 2.75) is 66.1 Å². The molecule has 0 aromatic heterocycles. The number of hydrogen-bond donors (Lipinski definition) is 0. The second-order valence-corrected chi connectivity index (χ2v) is 20.2. The maximum atomic E-state index is 5.98. The molecule has 0 aliphatic carbocycles. The quantitative estimate of drug-likeness (QED) is 0.526. The van der Waals surface area contributed by atoms with E-state index in [9.17, 15) is 0 Å². The summed E-state index contributed by atoms with van der Waals surface area (Å²) in [5.41, 5.74) is 0. The Hall–Kier alpha value is 0.491. The molecule has 0 unspecified atom stereocenters. The first kappa shape index (κ1) is 21.5. The third-order valence-corrected chi connectivity index (χ3v) is 14.1. The lowest BCUT2D eigenvalue weighted by molar-refractivity contribution is 0.0708. The average molecular weight is 352 g/mol. The molecule has 0 aliphatic rings. The van der Waals surface area contributed by atoms with Crippen LogP contribution in [0.5, 0.6) is 0 Å². The van der Waals surface area contributed by atoms with E-state index in [4.69, 9.17) is 13.3 Å². The summed E-state index contributed by atoms with van der Waals surface area (Å²) in [6, 6.07) is 0.900. The van der Waals surface area contributed by atoms with E-state index in [1.54, 1.807) is 0 Å². The van der Waals surface area contributed by atoms with Crippen LogP contribution in [-0.4, -0.2) is 55.9 Å². The highest BCUT2D eigenvalue weighted by molar-refractivity contribution is 6.89. The fraction of sp³-hybridized carbons (Fsp3) is 1.00. The second kappa shape index (κ2) is 8.95. The molecule has 0 spiro atoms. The predicted octanol–water partition coefficient (Wildman–Crippen LogP) is 4.01. The summed E-state index contributed by atoms with van der Waals surface area (Å²) in [6.45, 7) is 23.6. The van der Waals surface area contributed by atoms with Gasteiger partial charge in [-0.15, -0.1) is 0 Å². The molecule has 0 amide bonds. The van der Waals surface area contributed by atoms with Gasteiger partial charge in [0.05, 0.1) is 0 Å². The van der Waals surface area contributed by atoms with E-state index in [0.717, 1.165) is 12.6 Å². The molecule has 0 fully saturated rings. The van der Waals surface area contributed by atoms with Gasteiger partial charge in [0.1, 0.15) is 16.5 Å². The maximum absolute atomic E-state index is 5.98. The molecule has 0 atom stereocenters. The van der Waals surface area contributed by atoms with Crippen LogP contribution in [0, 0.1) is 0 Å². The van der Waals surface area contributed by atoms with E-state index < -0.39 is 25.3 Å². The molecule has 128 valence electrons. The summed E-state index contributed by atoms with van der Waals surface area (Å²) in [5, 5.41) is 0. The standard InChI is InChI=1S/C14H37NO3Si3/c1-10-16-21(17-11-2,18-12-3)14-13-15(19(4,5)6)20(7,8)9/h10-14H2,1-9H3. The monoisotopic (exact) mass is 351 g/mol. The van der Waals surface area contributed by atoms with Crippen LogP contribution in [0.2, 0.25) is 45.3 Å². The smallest absolute Gasteiger partial charge is 0.374 e. The highest BCUT2D eigenvalue weighted by atomic mass is 28.4. The molecule has 0 N–H and O–H groups in total. The third kappa shape index (κ3) is 7.54. The van der Waals surface area contributed by atoms with Gasteiger partial charge in [0.15, 0.2) is 0 Å². The summed E-state index contributed by atoms with van der Waals surface area (Å²) >= 11 is 0. The summed E-state index contributed by atoms with van der Waals surface area (Å²) in [5.74, 6) is 0. The molecule has 0 saturated heterocycles. The van der Waals surface area contributed by atoms with Crippen LogP contribution in [0.25, 0.3) is 0 Å². The zero-order valence-corrected chi connectivity index (χ0v) is 18.7. The van der Waals surface area contributed by atoms with Crippen LogP contribution in [0.15, 0.2) is 0 Å². The Kier molecular flexibility index (Phi) is 9.16. The molecule has 0 radical (unpaired) electrons. The molecule has 0 rings (SSSR count). The van der Waals surface area contributed by atoms with Gasteiger partial charge in [0, 0.05) is 25.9 Å². The minimum Gasteiger partial charge on any atom is -0.374 e. The van der Waals surface area contributed by atoms with E-state index in [1.165, 1.54) is 0 Å². The van der Waals surface area contributed by atoms with E-state index >= 15 is 0 Å². The van der Waals surface area contributed by atoms with Crippen LogP contribution < -0.4 is 0 Å². The van der Waals surface area contributed by atoms with E-state index in [1.807, 2.05) is 20.8 Å². The molecular weight excluding hydrogens is 314 g/mol. The van der Waals surface area contributed by atoms with Crippen LogP contribution in [0.1, 0.15) is 20.8 Å². The molecule has 0 aromatic rings. The lowest BCUT2D eigenvalue weighted by atomic mass is 10.8. The van der Waals surface area contributed by atoms with Crippen molar-refractivity contribution in [2.24, 2.45) is 0 Å². The summed E-state index contributed by atoms with van der Waals surface area (Å²) < 4.78 is 20.7. The Morgan fingerprint density at radius 1 is 0.667 bits per heavy atom. The molecule has 0 saturated carbocycles. The van der Waals surface area contributed by atoms with Gasteiger partial charge < -0.3 is 17.5 Å². The van der Waals surface area contributed by atoms with Crippen molar-refractivity contribution in [1.29, 1.82) is 0 Å². The van der Waals surface area contributed by atoms with E-state index in [0.29, 0.717) is 19.8 Å². The first-order chi connectivity index (χ1) is 9.52. The minimum atomic E-state index is -2.51.